The Labute approximate surface area is 92.0 Å². The molecule has 2 N–H and O–H groups in total. The molecule has 2 unspecified atom stereocenters. The molecule has 0 spiro atoms. The van der Waals surface area contributed by atoms with E-state index >= 15 is 0 Å². The van der Waals surface area contributed by atoms with Crippen LogP contribution in [0.25, 0.3) is 0 Å². The van der Waals surface area contributed by atoms with Crippen LogP contribution in [0.1, 0.15) is 34.1 Å². The number of hydrogen-bond donors (Lipinski definition) is 2. The Balaban J connectivity index is 4.14. The minimum Gasteiger partial charge on any atom is -0.391 e. The van der Waals surface area contributed by atoms with Crippen molar-refractivity contribution >= 4 is 5.91 Å². The predicted octanol–water partition coefficient (Wildman–Crippen LogP) is 0.935. The summed E-state index contributed by atoms with van der Waals surface area (Å²) >= 11 is 0. The fraction of sp³-hybridized carbons (Fsp3) is 0.909. The van der Waals surface area contributed by atoms with E-state index in [0.29, 0.717) is 6.42 Å². The zero-order chi connectivity index (χ0) is 12.1. The van der Waals surface area contributed by atoms with Gasteiger partial charge in [-0.25, -0.2) is 0 Å². The number of hydrogen-bond acceptors (Lipinski definition) is 3. The third-order valence-electron chi connectivity index (χ3n) is 2.85. The number of rotatable bonds is 6. The minimum atomic E-state index is -0.795. The Morgan fingerprint density at radius 3 is 2.40 bits per heavy atom. The highest BCUT2D eigenvalue weighted by atomic mass is 16.5. The molecule has 4 heteroatoms. The van der Waals surface area contributed by atoms with Gasteiger partial charge in [-0.3, -0.25) is 4.79 Å². The number of nitrogens with one attached hydrogen (secondary N) is 1. The summed E-state index contributed by atoms with van der Waals surface area (Å²) in [6.07, 6.45) is 0.0968. The topological polar surface area (TPSA) is 58.6 Å². The van der Waals surface area contributed by atoms with Gasteiger partial charge in [0.15, 0.2) is 0 Å². The van der Waals surface area contributed by atoms with Crippen molar-refractivity contribution in [2.24, 2.45) is 5.92 Å². The summed E-state index contributed by atoms with van der Waals surface area (Å²) in [5.74, 6) is -0.0343. The van der Waals surface area contributed by atoms with Crippen LogP contribution >= 0.6 is 0 Å². The minimum absolute atomic E-state index is 0.140. The van der Waals surface area contributed by atoms with E-state index in [-0.39, 0.29) is 18.4 Å². The third kappa shape index (κ3) is 4.18. The Morgan fingerprint density at radius 2 is 2.07 bits per heavy atom. The Hall–Kier alpha value is -0.610. The molecule has 0 aliphatic rings. The summed E-state index contributed by atoms with van der Waals surface area (Å²) in [7, 11) is 1.52. The van der Waals surface area contributed by atoms with Gasteiger partial charge in [-0.2, -0.15) is 0 Å². The summed E-state index contributed by atoms with van der Waals surface area (Å²) in [6.45, 7) is 7.72. The molecular weight excluding hydrogens is 194 g/mol. The summed E-state index contributed by atoms with van der Waals surface area (Å²) in [4.78, 5) is 11.7. The van der Waals surface area contributed by atoms with Gasteiger partial charge in [-0.15, -0.1) is 0 Å². The van der Waals surface area contributed by atoms with E-state index in [2.05, 4.69) is 5.32 Å². The van der Waals surface area contributed by atoms with Crippen molar-refractivity contribution < 1.29 is 14.6 Å². The fourth-order valence-electron chi connectivity index (χ4n) is 1.02. The van der Waals surface area contributed by atoms with E-state index in [1.807, 2.05) is 20.8 Å². The summed E-state index contributed by atoms with van der Waals surface area (Å²) in [6, 6.07) is 0. The molecule has 0 fully saturated rings. The first-order chi connectivity index (χ1) is 6.87. The first-order valence-corrected chi connectivity index (χ1v) is 5.39. The van der Waals surface area contributed by atoms with Crippen LogP contribution < -0.4 is 5.32 Å². The van der Waals surface area contributed by atoms with Gasteiger partial charge in [0.1, 0.15) is 5.60 Å². The second-order valence-electron chi connectivity index (χ2n) is 4.31. The van der Waals surface area contributed by atoms with Crippen LogP contribution in [0.4, 0.5) is 0 Å². The number of methoxy groups -OCH3 is 1. The summed E-state index contributed by atoms with van der Waals surface area (Å²) in [5, 5.41) is 12.2. The molecule has 0 heterocycles. The molecule has 90 valence electrons. The van der Waals surface area contributed by atoms with Crippen LogP contribution in [0.5, 0.6) is 0 Å². The molecule has 0 radical (unpaired) electrons. The van der Waals surface area contributed by atoms with E-state index in [9.17, 15) is 9.90 Å². The second-order valence-corrected chi connectivity index (χ2v) is 4.31. The normalized spacial score (nSPS) is 17.3. The van der Waals surface area contributed by atoms with E-state index in [4.69, 9.17) is 4.74 Å². The van der Waals surface area contributed by atoms with Crippen LogP contribution in [0.15, 0.2) is 0 Å². The van der Waals surface area contributed by atoms with Gasteiger partial charge in [0.25, 0.3) is 5.91 Å². The van der Waals surface area contributed by atoms with Gasteiger partial charge in [0.2, 0.25) is 0 Å². The average molecular weight is 217 g/mol. The molecule has 0 aromatic heterocycles. The molecule has 0 rings (SSSR count). The van der Waals surface area contributed by atoms with Crippen LogP contribution in [-0.4, -0.2) is 36.4 Å². The molecule has 0 aliphatic heterocycles. The van der Waals surface area contributed by atoms with Gasteiger partial charge >= 0.3 is 0 Å². The van der Waals surface area contributed by atoms with Crippen LogP contribution in [0.3, 0.4) is 0 Å². The lowest BCUT2D eigenvalue weighted by Gasteiger charge is -2.26. The van der Waals surface area contributed by atoms with Crippen molar-refractivity contribution in [3.05, 3.63) is 0 Å². The van der Waals surface area contributed by atoms with Crippen molar-refractivity contribution in [3.63, 3.8) is 0 Å². The van der Waals surface area contributed by atoms with Gasteiger partial charge in [-0.05, 0) is 19.3 Å². The SMILES string of the molecule is CCC(C)(OC)C(=O)NCC(O)C(C)C. The molecule has 1 amide bonds. The van der Waals surface area contributed by atoms with E-state index in [1.54, 1.807) is 6.92 Å². The maximum atomic E-state index is 11.7. The second kappa shape index (κ2) is 6.08. The molecule has 15 heavy (non-hydrogen) atoms. The largest absolute Gasteiger partial charge is 0.391 e. The number of amides is 1. The third-order valence-corrected chi connectivity index (χ3v) is 2.85. The smallest absolute Gasteiger partial charge is 0.252 e. The standard InChI is InChI=1S/C11H23NO3/c1-6-11(4,15-5)10(14)12-7-9(13)8(2)3/h8-9,13H,6-7H2,1-5H3,(H,12,14). The van der Waals surface area contributed by atoms with E-state index < -0.39 is 11.7 Å². The quantitative estimate of drug-likeness (QED) is 0.696. The summed E-state index contributed by atoms with van der Waals surface area (Å²) in [5.41, 5.74) is -0.795. The molecule has 0 aromatic carbocycles. The highest BCUT2D eigenvalue weighted by Gasteiger charge is 2.31. The average Bonchev–Trinajstić information content (AvgIpc) is 2.23. The van der Waals surface area contributed by atoms with Crippen molar-refractivity contribution in [2.45, 2.75) is 45.8 Å². The van der Waals surface area contributed by atoms with Crippen LogP contribution in [0, 0.1) is 5.92 Å². The molecule has 0 bridgehead atoms. The van der Waals surface area contributed by atoms with Gasteiger partial charge in [-0.1, -0.05) is 20.8 Å². The van der Waals surface area contributed by atoms with Crippen molar-refractivity contribution in [1.82, 2.24) is 5.32 Å². The molecule has 4 nitrogen and oxygen atoms in total. The van der Waals surface area contributed by atoms with E-state index in [1.165, 1.54) is 7.11 Å². The first-order valence-electron chi connectivity index (χ1n) is 5.39. The summed E-state index contributed by atoms with van der Waals surface area (Å²) < 4.78 is 5.15. The molecule has 2 atom stereocenters. The lowest BCUT2D eigenvalue weighted by Crippen LogP contribution is -2.48. The number of ether oxygens (including phenoxy) is 1. The predicted molar refractivity (Wildman–Crippen MR) is 59.6 cm³/mol. The number of aliphatic hydroxyl groups excluding tert-OH is 1. The molecule has 0 aliphatic carbocycles. The maximum absolute atomic E-state index is 11.7. The Bertz CT molecular complexity index is 200. The number of carbonyl (C=O) groups is 1. The Morgan fingerprint density at radius 1 is 1.53 bits per heavy atom. The van der Waals surface area contributed by atoms with Crippen LogP contribution in [-0.2, 0) is 9.53 Å². The lowest BCUT2D eigenvalue weighted by molar-refractivity contribution is -0.142. The number of carbonyl (C=O) groups excluding carboxylic acids is 1. The van der Waals surface area contributed by atoms with Gasteiger partial charge < -0.3 is 15.2 Å². The van der Waals surface area contributed by atoms with E-state index in [0.717, 1.165) is 0 Å². The maximum Gasteiger partial charge on any atom is 0.252 e. The highest BCUT2D eigenvalue weighted by Crippen LogP contribution is 2.13. The van der Waals surface area contributed by atoms with Gasteiger partial charge in [0.05, 0.1) is 6.10 Å². The molecule has 0 aromatic rings. The molecule has 0 saturated carbocycles. The zero-order valence-electron chi connectivity index (χ0n) is 10.3. The van der Waals surface area contributed by atoms with Crippen LogP contribution in [0.2, 0.25) is 0 Å². The number of aliphatic hydroxyl groups is 1. The zero-order valence-corrected chi connectivity index (χ0v) is 10.3. The lowest BCUT2D eigenvalue weighted by atomic mass is 10.0. The van der Waals surface area contributed by atoms with Crippen molar-refractivity contribution in [2.75, 3.05) is 13.7 Å². The van der Waals surface area contributed by atoms with Crippen molar-refractivity contribution in [1.29, 1.82) is 0 Å². The fourth-order valence-corrected chi connectivity index (χ4v) is 1.02. The first kappa shape index (κ1) is 14.4. The molecule has 0 saturated heterocycles. The van der Waals surface area contributed by atoms with Crippen molar-refractivity contribution in [3.8, 4) is 0 Å². The Kier molecular flexibility index (Phi) is 5.83. The highest BCUT2D eigenvalue weighted by molar-refractivity contribution is 5.84. The monoisotopic (exact) mass is 217 g/mol. The molecular formula is C11H23NO3. The van der Waals surface area contributed by atoms with Gasteiger partial charge in [0, 0.05) is 13.7 Å².